The molecular formula is C12H15N3OS. The number of carbonyl (C=O) groups is 1. The number of H-pyrrole nitrogens is 1. The lowest BCUT2D eigenvalue weighted by atomic mass is 10.1. The lowest BCUT2D eigenvalue weighted by molar-refractivity contribution is 0.102. The zero-order valence-corrected chi connectivity index (χ0v) is 10.9. The van der Waals surface area contributed by atoms with Gasteiger partial charge in [-0.3, -0.25) is 9.89 Å². The fourth-order valence-corrected chi connectivity index (χ4v) is 2.30. The minimum absolute atomic E-state index is 0.106. The van der Waals surface area contributed by atoms with E-state index in [4.69, 9.17) is 0 Å². The molecule has 0 bridgehead atoms. The lowest BCUT2D eigenvalue weighted by Gasteiger charge is -2.00. The van der Waals surface area contributed by atoms with Crippen LogP contribution >= 0.6 is 11.3 Å². The van der Waals surface area contributed by atoms with E-state index < -0.39 is 0 Å². The van der Waals surface area contributed by atoms with E-state index in [0.717, 1.165) is 11.3 Å². The van der Waals surface area contributed by atoms with E-state index in [-0.39, 0.29) is 5.91 Å². The highest BCUT2D eigenvalue weighted by molar-refractivity contribution is 7.08. The number of rotatable bonds is 3. The third kappa shape index (κ3) is 2.55. The van der Waals surface area contributed by atoms with Gasteiger partial charge in [-0.25, -0.2) is 0 Å². The molecule has 17 heavy (non-hydrogen) atoms. The Hall–Kier alpha value is -1.62. The lowest BCUT2D eigenvalue weighted by Crippen LogP contribution is -2.12. The highest BCUT2D eigenvalue weighted by Crippen LogP contribution is 2.18. The predicted molar refractivity (Wildman–Crippen MR) is 69.7 cm³/mol. The number of amides is 1. The van der Waals surface area contributed by atoms with Gasteiger partial charge in [0.15, 0.2) is 5.82 Å². The summed E-state index contributed by atoms with van der Waals surface area (Å²) in [6.07, 6.45) is 0. The van der Waals surface area contributed by atoms with Gasteiger partial charge in [-0.05, 0) is 23.8 Å². The highest BCUT2D eigenvalue weighted by Gasteiger charge is 2.12. The van der Waals surface area contributed by atoms with Crippen molar-refractivity contribution in [2.24, 2.45) is 0 Å². The van der Waals surface area contributed by atoms with Gasteiger partial charge in [-0.1, -0.05) is 13.8 Å². The molecule has 0 aliphatic rings. The fourth-order valence-electron chi connectivity index (χ4n) is 1.47. The summed E-state index contributed by atoms with van der Waals surface area (Å²) in [5.41, 5.74) is 2.72. The Morgan fingerprint density at radius 2 is 2.24 bits per heavy atom. The molecule has 0 fully saturated rings. The molecule has 2 heterocycles. The molecule has 2 aromatic rings. The summed E-state index contributed by atoms with van der Waals surface area (Å²) in [6, 6.07) is 1.87. The van der Waals surface area contributed by atoms with Gasteiger partial charge in [0.25, 0.3) is 5.91 Å². The summed E-state index contributed by atoms with van der Waals surface area (Å²) in [6.45, 7) is 6.07. The number of aromatic amines is 1. The molecule has 2 rings (SSSR count). The molecule has 0 radical (unpaired) electrons. The van der Waals surface area contributed by atoms with Crippen LogP contribution in [0.15, 0.2) is 16.8 Å². The smallest absolute Gasteiger partial charge is 0.257 e. The van der Waals surface area contributed by atoms with Crippen LogP contribution in [0.1, 0.15) is 41.4 Å². The van der Waals surface area contributed by atoms with Gasteiger partial charge in [0.1, 0.15) is 0 Å². The van der Waals surface area contributed by atoms with E-state index >= 15 is 0 Å². The van der Waals surface area contributed by atoms with Gasteiger partial charge in [0, 0.05) is 17.1 Å². The number of nitrogens with zero attached hydrogens (tertiary/aromatic N) is 1. The molecule has 5 heteroatoms. The largest absolute Gasteiger partial charge is 0.305 e. The van der Waals surface area contributed by atoms with E-state index in [9.17, 15) is 4.79 Å². The molecule has 0 spiro atoms. The highest BCUT2D eigenvalue weighted by atomic mass is 32.1. The normalized spacial score (nSPS) is 10.8. The van der Waals surface area contributed by atoms with Crippen molar-refractivity contribution in [3.8, 4) is 0 Å². The van der Waals surface area contributed by atoms with Gasteiger partial charge >= 0.3 is 0 Å². The monoisotopic (exact) mass is 249 g/mol. The van der Waals surface area contributed by atoms with Crippen molar-refractivity contribution in [2.75, 3.05) is 5.32 Å². The van der Waals surface area contributed by atoms with Crippen molar-refractivity contribution in [2.45, 2.75) is 26.7 Å². The molecule has 0 unspecified atom stereocenters. The molecule has 0 aliphatic carbocycles. The maximum atomic E-state index is 11.9. The van der Waals surface area contributed by atoms with Crippen LogP contribution in [0.25, 0.3) is 0 Å². The number of nitrogens with one attached hydrogen (secondary N) is 2. The topological polar surface area (TPSA) is 57.8 Å². The van der Waals surface area contributed by atoms with E-state index in [1.165, 1.54) is 11.3 Å². The first-order valence-electron chi connectivity index (χ1n) is 5.47. The van der Waals surface area contributed by atoms with Gasteiger partial charge in [-0.15, -0.1) is 0 Å². The van der Waals surface area contributed by atoms with Crippen molar-refractivity contribution >= 4 is 23.1 Å². The van der Waals surface area contributed by atoms with Crippen LogP contribution in [0.3, 0.4) is 0 Å². The van der Waals surface area contributed by atoms with Gasteiger partial charge < -0.3 is 5.32 Å². The molecule has 2 N–H and O–H groups in total. The molecule has 1 amide bonds. The molecule has 0 aliphatic heterocycles. The Bertz CT molecular complexity index is 527. The Balaban J connectivity index is 2.11. The van der Waals surface area contributed by atoms with E-state index in [0.29, 0.717) is 17.3 Å². The van der Waals surface area contributed by atoms with Crippen LogP contribution in [0, 0.1) is 6.92 Å². The van der Waals surface area contributed by atoms with Crippen LogP contribution in [0.2, 0.25) is 0 Å². The summed E-state index contributed by atoms with van der Waals surface area (Å²) >= 11 is 1.53. The molecule has 2 aromatic heterocycles. The van der Waals surface area contributed by atoms with Gasteiger partial charge in [0.05, 0.1) is 5.56 Å². The summed E-state index contributed by atoms with van der Waals surface area (Å²) in [5, 5.41) is 13.6. The van der Waals surface area contributed by atoms with E-state index in [1.54, 1.807) is 0 Å². The average molecular weight is 249 g/mol. The molecule has 4 nitrogen and oxygen atoms in total. The Labute approximate surface area is 104 Å². The number of anilines is 1. The summed E-state index contributed by atoms with van der Waals surface area (Å²) in [4.78, 5) is 11.9. The molecule has 0 aromatic carbocycles. The standard InChI is InChI=1S/C12H15N3OS/c1-7(2)10-4-11(15-14-10)13-12(16)9-6-17-5-8(9)3/h4-7H,1-3H3,(H2,13,14,15,16). The second-order valence-corrected chi connectivity index (χ2v) is 5.03. The van der Waals surface area contributed by atoms with Gasteiger partial charge in [0.2, 0.25) is 0 Å². The van der Waals surface area contributed by atoms with Crippen LogP contribution in [-0.4, -0.2) is 16.1 Å². The van der Waals surface area contributed by atoms with E-state index in [2.05, 4.69) is 29.4 Å². The van der Waals surface area contributed by atoms with Crippen molar-refractivity contribution in [1.29, 1.82) is 0 Å². The first-order chi connectivity index (χ1) is 8.08. The Morgan fingerprint density at radius 3 is 2.76 bits per heavy atom. The summed E-state index contributed by atoms with van der Waals surface area (Å²) < 4.78 is 0. The second-order valence-electron chi connectivity index (χ2n) is 4.29. The van der Waals surface area contributed by atoms with Crippen LogP contribution < -0.4 is 5.32 Å². The summed E-state index contributed by atoms with van der Waals surface area (Å²) in [7, 11) is 0. The Morgan fingerprint density at radius 1 is 1.47 bits per heavy atom. The number of hydrogen-bond acceptors (Lipinski definition) is 3. The molecule has 0 saturated carbocycles. The summed E-state index contributed by atoms with van der Waals surface area (Å²) in [5.74, 6) is 0.839. The maximum absolute atomic E-state index is 11.9. The van der Waals surface area contributed by atoms with Crippen molar-refractivity contribution in [3.63, 3.8) is 0 Å². The van der Waals surface area contributed by atoms with Crippen LogP contribution in [0.4, 0.5) is 5.82 Å². The van der Waals surface area contributed by atoms with Crippen LogP contribution in [-0.2, 0) is 0 Å². The average Bonchev–Trinajstić information content (AvgIpc) is 2.86. The third-order valence-electron chi connectivity index (χ3n) is 2.56. The Kier molecular flexibility index (Phi) is 3.28. The molecule has 0 saturated heterocycles. The first-order valence-corrected chi connectivity index (χ1v) is 6.41. The number of aromatic nitrogens is 2. The van der Waals surface area contributed by atoms with Crippen molar-refractivity contribution < 1.29 is 4.79 Å². The zero-order valence-electron chi connectivity index (χ0n) is 10.1. The van der Waals surface area contributed by atoms with Crippen LogP contribution in [0.5, 0.6) is 0 Å². The minimum Gasteiger partial charge on any atom is -0.305 e. The number of aryl methyl sites for hydroxylation is 1. The van der Waals surface area contributed by atoms with Crippen molar-refractivity contribution in [3.05, 3.63) is 33.6 Å². The number of carbonyl (C=O) groups excluding carboxylic acids is 1. The zero-order chi connectivity index (χ0) is 12.4. The van der Waals surface area contributed by atoms with E-state index in [1.807, 2.05) is 23.8 Å². The van der Waals surface area contributed by atoms with Crippen molar-refractivity contribution in [1.82, 2.24) is 10.2 Å². The fraction of sp³-hybridized carbons (Fsp3) is 0.333. The number of hydrogen-bond donors (Lipinski definition) is 2. The third-order valence-corrected chi connectivity index (χ3v) is 3.42. The molecular weight excluding hydrogens is 234 g/mol. The molecule has 0 atom stereocenters. The molecule has 90 valence electrons. The maximum Gasteiger partial charge on any atom is 0.257 e. The minimum atomic E-state index is -0.106. The quantitative estimate of drug-likeness (QED) is 0.877. The SMILES string of the molecule is Cc1cscc1C(=O)Nc1cc(C(C)C)[nH]n1. The van der Waals surface area contributed by atoms with Gasteiger partial charge in [-0.2, -0.15) is 16.4 Å². The first kappa shape index (κ1) is 11.9. The number of thiophene rings is 1. The predicted octanol–water partition coefficient (Wildman–Crippen LogP) is 3.16. The second kappa shape index (κ2) is 4.71.